The van der Waals surface area contributed by atoms with Crippen molar-refractivity contribution >= 4 is 23.3 Å². The summed E-state index contributed by atoms with van der Waals surface area (Å²) >= 11 is 0. The van der Waals surface area contributed by atoms with Crippen molar-refractivity contribution in [2.75, 3.05) is 7.11 Å². The van der Waals surface area contributed by atoms with Gasteiger partial charge >= 0.3 is 5.97 Å². The number of hydrogen-bond acceptors (Lipinski definition) is 5. The number of aromatic carboxylic acids is 1. The Morgan fingerprint density at radius 3 is 2.35 bits per heavy atom. The first kappa shape index (κ1) is 21.3. The molecule has 1 heterocycles. The number of nitro groups is 1. The van der Waals surface area contributed by atoms with E-state index in [0.717, 1.165) is 17.0 Å². The molecule has 0 bridgehead atoms. The van der Waals surface area contributed by atoms with Gasteiger partial charge in [0.1, 0.15) is 5.75 Å². The van der Waals surface area contributed by atoms with Crippen LogP contribution < -0.4 is 4.74 Å². The predicted molar refractivity (Wildman–Crippen MR) is 115 cm³/mol. The zero-order valence-corrected chi connectivity index (χ0v) is 17.1. The molecule has 8 nitrogen and oxygen atoms in total. The lowest BCUT2D eigenvalue weighted by atomic mass is 10.0. The number of non-ortho nitro benzene ring substituents is 1. The van der Waals surface area contributed by atoms with Crippen LogP contribution in [0.5, 0.6) is 5.75 Å². The van der Waals surface area contributed by atoms with Crippen molar-refractivity contribution in [3.05, 3.63) is 86.7 Å². The number of aromatic nitrogens is 1. The van der Waals surface area contributed by atoms with Gasteiger partial charge in [-0.25, -0.2) is 4.79 Å². The lowest BCUT2D eigenvalue weighted by Gasteiger charge is -2.14. The van der Waals surface area contributed by atoms with Gasteiger partial charge in [-0.2, -0.15) is 5.26 Å². The quantitative estimate of drug-likeness (QED) is 0.350. The van der Waals surface area contributed by atoms with Gasteiger partial charge in [0, 0.05) is 23.5 Å². The van der Waals surface area contributed by atoms with Gasteiger partial charge in [-0.1, -0.05) is 12.1 Å². The van der Waals surface area contributed by atoms with Gasteiger partial charge in [-0.3, -0.25) is 10.1 Å². The third kappa shape index (κ3) is 4.16. The maximum absolute atomic E-state index is 11.2. The number of aryl methyl sites for hydroxylation is 1. The molecule has 8 heteroatoms. The summed E-state index contributed by atoms with van der Waals surface area (Å²) in [6.45, 7) is 3.70. The number of nitrogens with zero attached hydrogens (tertiary/aromatic N) is 3. The standard InChI is InChI=1S/C23H19N3O5/c1-14-10-18(11-19(13-24)16-4-6-17(7-5-16)23(27)28)15(2)25(14)21-12-20(26(29)30)8-9-22(21)31-3/h4-12H,1-3H3,(H,27,28). The van der Waals surface area contributed by atoms with Crippen LogP contribution in [0.1, 0.15) is 32.9 Å². The minimum Gasteiger partial charge on any atom is -0.495 e. The molecular formula is C23H19N3O5. The Balaban J connectivity index is 2.11. The molecule has 0 aliphatic rings. The number of methoxy groups -OCH3 is 1. The fraction of sp³-hybridized carbons (Fsp3) is 0.130. The number of carboxylic acids is 1. The molecule has 0 aliphatic heterocycles. The molecule has 2 aromatic carbocycles. The zero-order chi connectivity index (χ0) is 22.7. The van der Waals surface area contributed by atoms with Crippen molar-refractivity contribution in [2.24, 2.45) is 0 Å². The highest BCUT2D eigenvalue weighted by Gasteiger charge is 2.18. The monoisotopic (exact) mass is 417 g/mol. The second-order valence-corrected chi connectivity index (χ2v) is 6.83. The average Bonchev–Trinajstić information content (AvgIpc) is 3.04. The second-order valence-electron chi connectivity index (χ2n) is 6.83. The molecular weight excluding hydrogens is 398 g/mol. The second kappa shape index (κ2) is 8.55. The van der Waals surface area contributed by atoms with E-state index in [1.807, 2.05) is 24.5 Å². The number of nitriles is 1. The van der Waals surface area contributed by atoms with Crippen LogP contribution in [0.25, 0.3) is 17.3 Å². The van der Waals surface area contributed by atoms with E-state index >= 15 is 0 Å². The molecule has 0 unspecified atom stereocenters. The van der Waals surface area contributed by atoms with Crippen molar-refractivity contribution in [3.63, 3.8) is 0 Å². The van der Waals surface area contributed by atoms with Gasteiger partial charge in [0.15, 0.2) is 0 Å². The first-order valence-corrected chi connectivity index (χ1v) is 9.24. The fourth-order valence-corrected chi connectivity index (χ4v) is 3.40. The Bertz CT molecular complexity index is 1250. The highest BCUT2D eigenvalue weighted by molar-refractivity contribution is 5.92. The predicted octanol–water partition coefficient (Wildman–Crippen LogP) is 4.77. The summed E-state index contributed by atoms with van der Waals surface area (Å²) < 4.78 is 7.23. The highest BCUT2D eigenvalue weighted by Crippen LogP contribution is 2.32. The number of carbonyl (C=O) groups is 1. The van der Waals surface area contributed by atoms with Crippen LogP contribution in [-0.2, 0) is 0 Å². The number of allylic oxidation sites excluding steroid dienone is 1. The van der Waals surface area contributed by atoms with Crippen molar-refractivity contribution < 1.29 is 19.6 Å². The number of hydrogen-bond donors (Lipinski definition) is 1. The SMILES string of the molecule is COc1ccc([N+](=O)[O-])cc1-n1c(C)cc(C=C(C#N)c2ccc(C(=O)O)cc2)c1C. The van der Waals surface area contributed by atoms with E-state index in [0.29, 0.717) is 22.6 Å². The highest BCUT2D eigenvalue weighted by atomic mass is 16.6. The van der Waals surface area contributed by atoms with Gasteiger partial charge in [0.25, 0.3) is 5.69 Å². The lowest BCUT2D eigenvalue weighted by Crippen LogP contribution is -2.03. The molecule has 1 N–H and O–H groups in total. The summed E-state index contributed by atoms with van der Waals surface area (Å²) in [6.07, 6.45) is 1.71. The number of benzene rings is 2. The molecule has 0 atom stereocenters. The lowest BCUT2D eigenvalue weighted by molar-refractivity contribution is -0.384. The van der Waals surface area contributed by atoms with E-state index in [2.05, 4.69) is 6.07 Å². The Morgan fingerprint density at radius 1 is 1.16 bits per heavy atom. The number of ether oxygens (including phenoxy) is 1. The molecule has 0 radical (unpaired) electrons. The summed E-state index contributed by atoms with van der Waals surface area (Å²) in [7, 11) is 1.49. The number of carboxylic acid groups (broad SMARTS) is 1. The Labute approximate surface area is 178 Å². The molecule has 3 aromatic rings. The molecule has 0 aliphatic carbocycles. The zero-order valence-electron chi connectivity index (χ0n) is 17.1. The van der Waals surface area contributed by atoms with Crippen molar-refractivity contribution in [2.45, 2.75) is 13.8 Å². The Morgan fingerprint density at radius 2 is 1.81 bits per heavy atom. The summed E-state index contributed by atoms with van der Waals surface area (Å²) in [5, 5.41) is 29.9. The van der Waals surface area contributed by atoms with E-state index in [1.54, 1.807) is 24.3 Å². The molecule has 0 saturated heterocycles. The van der Waals surface area contributed by atoms with Crippen LogP contribution in [0.15, 0.2) is 48.5 Å². The summed E-state index contributed by atoms with van der Waals surface area (Å²) in [6, 6.07) is 14.5. The minimum absolute atomic E-state index is 0.0587. The average molecular weight is 417 g/mol. The van der Waals surface area contributed by atoms with E-state index in [1.165, 1.54) is 31.4 Å². The van der Waals surface area contributed by atoms with Gasteiger partial charge in [0.05, 0.1) is 34.9 Å². The minimum atomic E-state index is -1.04. The van der Waals surface area contributed by atoms with E-state index < -0.39 is 10.9 Å². The first-order chi connectivity index (χ1) is 14.8. The topological polar surface area (TPSA) is 118 Å². The van der Waals surface area contributed by atoms with Crippen molar-refractivity contribution in [1.29, 1.82) is 5.26 Å². The Kier molecular flexibility index (Phi) is 5.88. The molecule has 0 amide bonds. The fourth-order valence-electron chi connectivity index (χ4n) is 3.40. The van der Waals surface area contributed by atoms with E-state index in [9.17, 15) is 20.2 Å². The molecule has 156 valence electrons. The van der Waals surface area contributed by atoms with Gasteiger partial charge in [0.2, 0.25) is 0 Å². The van der Waals surface area contributed by atoms with Crippen LogP contribution in [-0.4, -0.2) is 27.7 Å². The molecule has 0 saturated carbocycles. The maximum Gasteiger partial charge on any atom is 0.335 e. The van der Waals surface area contributed by atoms with Gasteiger partial charge < -0.3 is 14.4 Å². The van der Waals surface area contributed by atoms with Gasteiger partial charge in [-0.15, -0.1) is 0 Å². The molecule has 31 heavy (non-hydrogen) atoms. The first-order valence-electron chi connectivity index (χ1n) is 9.24. The van der Waals surface area contributed by atoms with Crippen molar-refractivity contribution in [3.8, 4) is 17.5 Å². The third-order valence-electron chi connectivity index (χ3n) is 4.95. The summed E-state index contributed by atoms with van der Waals surface area (Å²) in [5.74, 6) is -0.559. The van der Waals surface area contributed by atoms with Gasteiger partial charge in [-0.05, 0) is 55.3 Å². The van der Waals surface area contributed by atoms with Crippen LogP contribution in [0.2, 0.25) is 0 Å². The van der Waals surface area contributed by atoms with E-state index in [4.69, 9.17) is 9.84 Å². The van der Waals surface area contributed by atoms with Crippen LogP contribution >= 0.6 is 0 Å². The number of rotatable bonds is 6. The molecule has 0 fully saturated rings. The molecule has 3 rings (SSSR count). The van der Waals surface area contributed by atoms with Crippen LogP contribution in [0.3, 0.4) is 0 Å². The van der Waals surface area contributed by atoms with Crippen molar-refractivity contribution in [1.82, 2.24) is 4.57 Å². The normalized spacial score (nSPS) is 11.1. The van der Waals surface area contributed by atoms with Crippen LogP contribution in [0.4, 0.5) is 5.69 Å². The van der Waals surface area contributed by atoms with Crippen LogP contribution in [0, 0.1) is 35.3 Å². The molecule has 1 aromatic heterocycles. The Hall–Kier alpha value is -4.38. The number of nitro benzene ring substituents is 1. The maximum atomic E-state index is 11.2. The summed E-state index contributed by atoms with van der Waals surface area (Å²) in [5.41, 5.74) is 3.88. The molecule has 0 spiro atoms. The summed E-state index contributed by atoms with van der Waals surface area (Å²) in [4.78, 5) is 21.8. The van der Waals surface area contributed by atoms with E-state index in [-0.39, 0.29) is 11.3 Å². The third-order valence-corrected chi connectivity index (χ3v) is 4.95. The smallest absolute Gasteiger partial charge is 0.335 e. The largest absolute Gasteiger partial charge is 0.495 e.